The first kappa shape index (κ1) is 20.8. The van der Waals surface area contributed by atoms with Crippen molar-refractivity contribution >= 4 is 17.5 Å². The normalized spacial score (nSPS) is 16.9. The number of amides is 2. The van der Waals surface area contributed by atoms with E-state index in [4.69, 9.17) is 4.74 Å². The zero-order chi connectivity index (χ0) is 20.8. The van der Waals surface area contributed by atoms with E-state index in [1.54, 1.807) is 45.5 Å². The van der Waals surface area contributed by atoms with Crippen LogP contribution in [0.4, 0.5) is 5.69 Å². The molecule has 0 aromatic heterocycles. The number of hydrogen-bond acceptors (Lipinski definition) is 5. The number of rotatable bonds is 6. The van der Waals surface area contributed by atoms with Crippen LogP contribution in [-0.4, -0.2) is 69.0 Å². The Morgan fingerprint density at radius 3 is 2.59 bits per heavy atom. The zero-order valence-corrected chi connectivity index (χ0v) is 17.1. The smallest absolute Gasteiger partial charge is 0.253 e. The molecule has 1 aliphatic heterocycles. The van der Waals surface area contributed by atoms with Crippen molar-refractivity contribution in [3.05, 3.63) is 59.7 Å². The summed E-state index contributed by atoms with van der Waals surface area (Å²) < 4.78 is 5.51. The first-order valence-corrected chi connectivity index (χ1v) is 9.69. The lowest BCUT2D eigenvalue weighted by Gasteiger charge is -2.36. The highest BCUT2D eigenvalue weighted by Crippen LogP contribution is 2.30. The Bertz CT molecular complexity index is 851. The summed E-state index contributed by atoms with van der Waals surface area (Å²) in [5.41, 5.74) is 2.34. The van der Waals surface area contributed by atoms with E-state index < -0.39 is 0 Å². The third kappa shape index (κ3) is 5.13. The third-order valence-electron chi connectivity index (χ3n) is 5.02. The summed E-state index contributed by atoms with van der Waals surface area (Å²) >= 11 is 0. The van der Waals surface area contributed by atoms with E-state index >= 15 is 0 Å². The molecule has 0 bridgehead atoms. The van der Waals surface area contributed by atoms with Gasteiger partial charge in [0.1, 0.15) is 5.75 Å². The highest BCUT2D eigenvalue weighted by atomic mass is 16.5. The molecule has 0 spiro atoms. The van der Waals surface area contributed by atoms with Crippen LogP contribution >= 0.6 is 0 Å². The van der Waals surface area contributed by atoms with Crippen molar-refractivity contribution in [2.24, 2.45) is 0 Å². The number of benzene rings is 2. The molecule has 1 fully saturated rings. The molecule has 2 N–H and O–H groups in total. The quantitative estimate of drug-likeness (QED) is 0.781. The summed E-state index contributed by atoms with van der Waals surface area (Å²) in [4.78, 5) is 28.3. The Kier molecular flexibility index (Phi) is 6.85. The second-order valence-corrected chi connectivity index (χ2v) is 7.26. The van der Waals surface area contributed by atoms with Crippen molar-refractivity contribution in [1.82, 2.24) is 15.1 Å². The van der Waals surface area contributed by atoms with Gasteiger partial charge in [-0.3, -0.25) is 14.5 Å². The fourth-order valence-corrected chi connectivity index (χ4v) is 3.52. The lowest BCUT2D eigenvalue weighted by molar-refractivity contribution is -0.118. The molecule has 2 aromatic rings. The number of carbonyl (C=O) groups is 2. The molecule has 1 heterocycles. The van der Waals surface area contributed by atoms with Gasteiger partial charge in [0, 0.05) is 50.5 Å². The van der Waals surface area contributed by atoms with E-state index in [1.807, 2.05) is 24.3 Å². The van der Waals surface area contributed by atoms with Gasteiger partial charge >= 0.3 is 0 Å². The van der Waals surface area contributed by atoms with Crippen molar-refractivity contribution in [2.45, 2.75) is 6.04 Å². The summed E-state index contributed by atoms with van der Waals surface area (Å²) in [5, 5.41) is 6.33. The second-order valence-electron chi connectivity index (χ2n) is 7.26. The molecule has 2 amide bonds. The number of nitrogens with zero attached hydrogens (tertiary/aromatic N) is 2. The molecule has 0 saturated carbocycles. The average Bonchev–Trinajstić information content (AvgIpc) is 2.74. The van der Waals surface area contributed by atoms with E-state index in [9.17, 15) is 9.59 Å². The van der Waals surface area contributed by atoms with E-state index in [0.29, 0.717) is 11.3 Å². The summed E-state index contributed by atoms with van der Waals surface area (Å²) in [6.07, 6.45) is 0. The van der Waals surface area contributed by atoms with Crippen molar-refractivity contribution in [1.29, 1.82) is 0 Å². The number of methoxy groups -OCH3 is 1. The summed E-state index contributed by atoms with van der Waals surface area (Å²) in [6, 6.07) is 14.9. The number of nitrogens with one attached hydrogen (secondary N) is 2. The fourth-order valence-electron chi connectivity index (χ4n) is 3.52. The van der Waals surface area contributed by atoms with Crippen LogP contribution in [0.25, 0.3) is 0 Å². The molecule has 0 aliphatic carbocycles. The van der Waals surface area contributed by atoms with Gasteiger partial charge in [0.2, 0.25) is 5.91 Å². The largest absolute Gasteiger partial charge is 0.496 e. The standard InChI is InChI=1S/C22H28N4O3/c1-25(2)22(28)16-8-10-17(11-9-16)24-21(27)15-26-13-12-23-14-19(26)18-6-4-5-7-20(18)29-3/h4-11,19,23H,12-15H2,1-3H3,(H,24,27). The van der Waals surface area contributed by atoms with E-state index in [0.717, 1.165) is 30.9 Å². The molecule has 1 unspecified atom stereocenters. The minimum absolute atomic E-state index is 0.0609. The molecule has 29 heavy (non-hydrogen) atoms. The molecular formula is C22H28N4O3. The summed E-state index contributed by atoms with van der Waals surface area (Å²) in [6.45, 7) is 2.64. The van der Waals surface area contributed by atoms with Gasteiger partial charge in [0.15, 0.2) is 0 Å². The number of ether oxygens (including phenoxy) is 1. The van der Waals surface area contributed by atoms with Gasteiger partial charge < -0.3 is 20.3 Å². The molecule has 3 rings (SSSR count). The molecule has 7 nitrogen and oxygen atoms in total. The van der Waals surface area contributed by atoms with Gasteiger partial charge in [-0.25, -0.2) is 0 Å². The SMILES string of the molecule is COc1ccccc1C1CNCCN1CC(=O)Nc1ccc(C(=O)N(C)C)cc1. The maximum absolute atomic E-state index is 12.7. The minimum atomic E-state index is -0.0847. The van der Waals surface area contributed by atoms with Crippen molar-refractivity contribution in [3.63, 3.8) is 0 Å². The van der Waals surface area contributed by atoms with Gasteiger partial charge in [0.05, 0.1) is 19.7 Å². The van der Waals surface area contributed by atoms with Crippen LogP contribution in [0.15, 0.2) is 48.5 Å². The van der Waals surface area contributed by atoms with E-state index in [1.165, 1.54) is 4.90 Å². The maximum atomic E-state index is 12.7. The first-order valence-electron chi connectivity index (χ1n) is 9.69. The molecule has 1 atom stereocenters. The molecule has 7 heteroatoms. The van der Waals surface area contributed by atoms with Crippen LogP contribution in [0.2, 0.25) is 0 Å². The number of carbonyl (C=O) groups excluding carboxylic acids is 2. The number of para-hydroxylation sites is 1. The Morgan fingerprint density at radius 1 is 1.17 bits per heavy atom. The van der Waals surface area contributed by atoms with Crippen LogP contribution in [0, 0.1) is 0 Å². The zero-order valence-electron chi connectivity index (χ0n) is 17.1. The topological polar surface area (TPSA) is 73.9 Å². The number of piperazine rings is 1. The van der Waals surface area contributed by atoms with Gasteiger partial charge in [-0.1, -0.05) is 18.2 Å². The third-order valence-corrected chi connectivity index (χ3v) is 5.02. The lowest BCUT2D eigenvalue weighted by Crippen LogP contribution is -2.48. The Balaban J connectivity index is 1.66. The van der Waals surface area contributed by atoms with Crippen LogP contribution in [0.3, 0.4) is 0 Å². The molecule has 1 aliphatic rings. The van der Waals surface area contributed by atoms with Gasteiger partial charge in [-0.15, -0.1) is 0 Å². The molecule has 2 aromatic carbocycles. The first-order chi connectivity index (χ1) is 14.0. The van der Waals surface area contributed by atoms with Gasteiger partial charge in [0.25, 0.3) is 5.91 Å². The Morgan fingerprint density at radius 2 is 1.90 bits per heavy atom. The van der Waals surface area contributed by atoms with Crippen molar-refractivity contribution in [3.8, 4) is 5.75 Å². The van der Waals surface area contributed by atoms with E-state index in [-0.39, 0.29) is 24.4 Å². The Labute approximate surface area is 171 Å². The van der Waals surface area contributed by atoms with Crippen LogP contribution < -0.4 is 15.4 Å². The van der Waals surface area contributed by atoms with Crippen molar-refractivity contribution in [2.75, 3.05) is 52.7 Å². The van der Waals surface area contributed by atoms with E-state index in [2.05, 4.69) is 15.5 Å². The van der Waals surface area contributed by atoms with Crippen LogP contribution in [-0.2, 0) is 4.79 Å². The molecule has 1 saturated heterocycles. The fraction of sp³-hybridized carbons (Fsp3) is 0.364. The monoisotopic (exact) mass is 396 g/mol. The summed E-state index contributed by atoms with van der Waals surface area (Å²) in [5.74, 6) is 0.676. The summed E-state index contributed by atoms with van der Waals surface area (Å²) in [7, 11) is 5.09. The lowest BCUT2D eigenvalue weighted by atomic mass is 10.0. The van der Waals surface area contributed by atoms with Gasteiger partial charge in [-0.2, -0.15) is 0 Å². The predicted octanol–water partition coefficient (Wildman–Crippen LogP) is 1.98. The molecule has 154 valence electrons. The minimum Gasteiger partial charge on any atom is -0.496 e. The highest BCUT2D eigenvalue weighted by molar-refractivity contribution is 5.96. The maximum Gasteiger partial charge on any atom is 0.253 e. The predicted molar refractivity (Wildman–Crippen MR) is 113 cm³/mol. The highest BCUT2D eigenvalue weighted by Gasteiger charge is 2.27. The van der Waals surface area contributed by atoms with Crippen LogP contribution in [0.5, 0.6) is 5.75 Å². The number of anilines is 1. The Hall–Kier alpha value is -2.90. The molecule has 0 radical (unpaired) electrons. The molecular weight excluding hydrogens is 368 g/mol. The number of hydrogen-bond donors (Lipinski definition) is 2. The second kappa shape index (κ2) is 9.54. The van der Waals surface area contributed by atoms with Gasteiger partial charge in [-0.05, 0) is 30.3 Å². The van der Waals surface area contributed by atoms with Crippen LogP contribution in [0.1, 0.15) is 22.0 Å². The van der Waals surface area contributed by atoms with Crippen molar-refractivity contribution < 1.29 is 14.3 Å². The average molecular weight is 396 g/mol.